The van der Waals surface area contributed by atoms with Crippen LogP contribution < -0.4 is 0 Å². The number of thioether (sulfide) groups is 1. The molecule has 2 N–H and O–H groups in total. The van der Waals surface area contributed by atoms with Gasteiger partial charge in [-0.15, -0.1) is 0 Å². The fourth-order valence-corrected chi connectivity index (χ4v) is 1.88. The Morgan fingerprint density at radius 1 is 1.50 bits per heavy atom. The molecule has 0 radical (unpaired) electrons. The zero-order valence-corrected chi connectivity index (χ0v) is 5.27. The van der Waals surface area contributed by atoms with Crippen LogP contribution in [0.5, 0.6) is 0 Å². The summed E-state index contributed by atoms with van der Waals surface area (Å²) in [5.41, 5.74) is 0. The Bertz CT molecular complexity index is 72.4. The molecule has 1 aliphatic heterocycles. The Hall–Kier alpha value is 0.230. The number of nitrogens with zero attached hydrogens (tertiary/aromatic N) is 1. The molecule has 1 fully saturated rings. The Morgan fingerprint density at radius 3 is 2.50 bits per heavy atom. The molecule has 1 rings (SSSR count). The van der Waals surface area contributed by atoms with Crippen molar-refractivity contribution in [1.82, 2.24) is 5.23 Å². The average Bonchev–Trinajstić information content (AvgIpc) is 2.12. The lowest BCUT2D eigenvalue weighted by Crippen LogP contribution is -2.28. The fourth-order valence-electron chi connectivity index (χ4n) is 0.704. The summed E-state index contributed by atoms with van der Waals surface area (Å²) in [5, 5.41) is 17.2. The van der Waals surface area contributed by atoms with E-state index in [-0.39, 0.29) is 6.04 Å². The van der Waals surface area contributed by atoms with Crippen LogP contribution in [0.25, 0.3) is 0 Å². The Labute approximate surface area is 52.2 Å². The van der Waals surface area contributed by atoms with E-state index >= 15 is 0 Å². The third-order valence-corrected chi connectivity index (χ3v) is 2.38. The normalized spacial score (nSPS) is 29.6. The molecule has 48 valence electrons. The van der Waals surface area contributed by atoms with E-state index in [1.807, 2.05) is 0 Å². The number of hydrogen-bond acceptors (Lipinski definition) is 4. The van der Waals surface area contributed by atoms with Crippen LogP contribution in [0.3, 0.4) is 0 Å². The summed E-state index contributed by atoms with van der Waals surface area (Å²) in [6.45, 7) is 0. The molecule has 1 atom stereocenters. The highest BCUT2D eigenvalue weighted by atomic mass is 32.2. The highest BCUT2D eigenvalue weighted by Gasteiger charge is 2.19. The van der Waals surface area contributed by atoms with Crippen LogP contribution in [0.2, 0.25) is 0 Å². The minimum Gasteiger partial charge on any atom is -0.289 e. The minimum atomic E-state index is -0.0278. The van der Waals surface area contributed by atoms with E-state index in [9.17, 15) is 0 Å². The van der Waals surface area contributed by atoms with Crippen molar-refractivity contribution < 1.29 is 10.4 Å². The monoisotopic (exact) mass is 135 g/mol. The first-order valence-corrected chi connectivity index (χ1v) is 3.71. The molecule has 0 bridgehead atoms. The second kappa shape index (κ2) is 2.68. The zero-order valence-electron chi connectivity index (χ0n) is 4.45. The van der Waals surface area contributed by atoms with Crippen molar-refractivity contribution in [1.29, 1.82) is 0 Å². The topological polar surface area (TPSA) is 43.7 Å². The van der Waals surface area contributed by atoms with Crippen molar-refractivity contribution in [2.24, 2.45) is 0 Å². The highest BCUT2D eigenvalue weighted by molar-refractivity contribution is 7.99. The molecule has 0 saturated carbocycles. The molecule has 3 nitrogen and oxygen atoms in total. The van der Waals surface area contributed by atoms with Crippen molar-refractivity contribution in [3.05, 3.63) is 0 Å². The number of hydrogen-bond donors (Lipinski definition) is 2. The first-order chi connectivity index (χ1) is 3.80. The molecule has 0 aromatic rings. The van der Waals surface area contributed by atoms with Crippen LogP contribution in [0, 0.1) is 0 Å². The zero-order chi connectivity index (χ0) is 5.98. The van der Waals surface area contributed by atoms with E-state index in [1.54, 1.807) is 11.8 Å². The van der Waals surface area contributed by atoms with Crippen LogP contribution in [-0.4, -0.2) is 33.2 Å². The average molecular weight is 135 g/mol. The van der Waals surface area contributed by atoms with Gasteiger partial charge in [0.25, 0.3) is 0 Å². The van der Waals surface area contributed by atoms with Gasteiger partial charge in [-0.25, -0.2) is 0 Å². The third-order valence-electron chi connectivity index (χ3n) is 1.23. The standard InChI is InChI=1S/C4H9NO2S/c6-5(7)4-1-2-8-3-4/h4,6-7H,1-3H2/t4-/m1/s1. The van der Waals surface area contributed by atoms with Gasteiger partial charge >= 0.3 is 0 Å². The molecule has 0 unspecified atom stereocenters. The van der Waals surface area contributed by atoms with Gasteiger partial charge in [0.1, 0.15) is 0 Å². The predicted octanol–water partition coefficient (Wildman–Crippen LogP) is 0.572. The van der Waals surface area contributed by atoms with Crippen molar-refractivity contribution in [3.63, 3.8) is 0 Å². The molecule has 1 saturated heterocycles. The lowest BCUT2D eigenvalue weighted by Gasteiger charge is -2.11. The van der Waals surface area contributed by atoms with Crippen LogP contribution >= 0.6 is 11.8 Å². The van der Waals surface area contributed by atoms with E-state index < -0.39 is 0 Å². The van der Waals surface area contributed by atoms with E-state index in [0.29, 0.717) is 5.23 Å². The molecule has 1 aliphatic rings. The SMILES string of the molecule is ON(O)[C@@H]1CCSC1. The third kappa shape index (κ3) is 1.35. The van der Waals surface area contributed by atoms with Gasteiger partial charge < -0.3 is 0 Å². The highest BCUT2D eigenvalue weighted by Crippen LogP contribution is 2.19. The van der Waals surface area contributed by atoms with Crippen LogP contribution in [0.4, 0.5) is 0 Å². The maximum Gasteiger partial charge on any atom is 0.0721 e. The van der Waals surface area contributed by atoms with Gasteiger partial charge in [-0.1, -0.05) is 5.23 Å². The molecular formula is C4H9NO2S. The Kier molecular flexibility index (Phi) is 2.13. The molecule has 4 heteroatoms. The summed E-state index contributed by atoms with van der Waals surface area (Å²) in [6.07, 6.45) is 0.887. The molecule has 0 amide bonds. The van der Waals surface area contributed by atoms with Crippen molar-refractivity contribution >= 4 is 11.8 Å². The van der Waals surface area contributed by atoms with Gasteiger partial charge in [0.05, 0.1) is 6.04 Å². The minimum absolute atomic E-state index is 0.0278. The molecule has 0 aromatic heterocycles. The van der Waals surface area contributed by atoms with Crippen molar-refractivity contribution in [3.8, 4) is 0 Å². The lowest BCUT2D eigenvalue weighted by atomic mass is 10.3. The van der Waals surface area contributed by atoms with Gasteiger partial charge in [0.15, 0.2) is 0 Å². The second-order valence-electron chi connectivity index (χ2n) is 1.84. The predicted molar refractivity (Wildman–Crippen MR) is 31.1 cm³/mol. The Balaban J connectivity index is 2.24. The van der Waals surface area contributed by atoms with E-state index in [4.69, 9.17) is 10.4 Å². The summed E-state index contributed by atoms with van der Waals surface area (Å²) in [7, 11) is 0. The summed E-state index contributed by atoms with van der Waals surface area (Å²) in [4.78, 5) is 0. The molecule has 0 aromatic carbocycles. The molecular weight excluding hydrogens is 126 g/mol. The second-order valence-corrected chi connectivity index (χ2v) is 2.99. The first kappa shape index (κ1) is 6.35. The van der Waals surface area contributed by atoms with E-state index in [0.717, 1.165) is 17.9 Å². The van der Waals surface area contributed by atoms with Crippen LogP contribution in [0.1, 0.15) is 6.42 Å². The summed E-state index contributed by atoms with van der Waals surface area (Å²) >= 11 is 1.75. The van der Waals surface area contributed by atoms with Gasteiger partial charge in [-0.3, -0.25) is 10.4 Å². The summed E-state index contributed by atoms with van der Waals surface area (Å²) in [5.74, 6) is 1.88. The van der Waals surface area contributed by atoms with Gasteiger partial charge in [-0.05, 0) is 12.2 Å². The largest absolute Gasteiger partial charge is 0.289 e. The van der Waals surface area contributed by atoms with Crippen molar-refractivity contribution in [2.75, 3.05) is 11.5 Å². The fraction of sp³-hybridized carbons (Fsp3) is 1.00. The Morgan fingerprint density at radius 2 is 2.25 bits per heavy atom. The number of hydroxylamine groups is 2. The molecule has 0 spiro atoms. The molecule has 0 aliphatic carbocycles. The maximum atomic E-state index is 8.43. The smallest absolute Gasteiger partial charge is 0.0721 e. The maximum absolute atomic E-state index is 8.43. The quantitative estimate of drug-likeness (QED) is 0.516. The summed E-state index contributed by atoms with van der Waals surface area (Å²) < 4.78 is 0. The summed E-state index contributed by atoms with van der Waals surface area (Å²) in [6, 6.07) is -0.0278. The van der Waals surface area contributed by atoms with Crippen LogP contribution in [0.15, 0.2) is 0 Å². The first-order valence-electron chi connectivity index (χ1n) is 2.55. The van der Waals surface area contributed by atoms with Crippen LogP contribution in [-0.2, 0) is 0 Å². The van der Waals surface area contributed by atoms with E-state index in [1.165, 1.54) is 0 Å². The molecule has 8 heavy (non-hydrogen) atoms. The van der Waals surface area contributed by atoms with Gasteiger partial charge in [-0.2, -0.15) is 11.8 Å². The number of rotatable bonds is 1. The lowest BCUT2D eigenvalue weighted by molar-refractivity contribution is -0.326. The van der Waals surface area contributed by atoms with Gasteiger partial charge in [0.2, 0.25) is 0 Å². The molecule has 1 heterocycles. The van der Waals surface area contributed by atoms with Gasteiger partial charge in [0, 0.05) is 5.75 Å². The van der Waals surface area contributed by atoms with Crippen molar-refractivity contribution in [2.45, 2.75) is 12.5 Å². The van der Waals surface area contributed by atoms with E-state index in [2.05, 4.69) is 0 Å².